The van der Waals surface area contributed by atoms with E-state index in [-0.39, 0.29) is 29.5 Å². The van der Waals surface area contributed by atoms with Gasteiger partial charge in [-0.05, 0) is 68.1 Å². The molecule has 4 amide bonds. The maximum Gasteiger partial charge on any atom is 0.254 e. The van der Waals surface area contributed by atoms with Crippen LogP contribution < -0.4 is 20.5 Å². The fraction of sp³-hybridized carbons (Fsp3) is 0.333. The van der Waals surface area contributed by atoms with Crippen LogP contribution in [-0.4, -0.2) is 48.2 Å². The van der Waals surface area contributed by atoms with Crippen LogP contribution in [0.5, 0.6) is 5.75 Å². The summed E-state index contributed by atoms with van der Waals surface area (Å²) in [4.78, 5) is 53.7. The van der Waals surface area contributed by atoms with Crippen molar-refractivity contribution in [1.29, 1.82) is 0 Å². The number of anilines is 2. The summed E-state index contributed by atoms with van der Waals surface area (Å²) in [6, 6.07) is 13.0. The monoisotopic (exact) mass is 488 g/mol. The van der Waals surface area contributed by atoms with E-state index in [0.29, 0.717) is 54.9 Å². The number of amides is 4. The second kappa shape index (κ2) is 9.85. The molecule has 0 saturated carbocycles. The van der Waals surface area contributed by atoms with Gasteiger partial charge in [-0.3, -0.25) is 24.6 Å². The number of likely N-dealkylation sites (tertiary alicyclic amines) is 1. The summed E-state index contributed by atoms with van der Waals surface area (Å²) in [7, 11) is 1.57. The van der Waals surface area contributed by atoms with Crippen molar-refractivity contribution in [1.82, 2.24) is 10.3 Å². The van der Waals surface area contributed by atoms with Gasteiger partial charge < -0.3 is 15.0 Å². The third-order valence-electron chi connectivity index (χ3n) is 7.05. The third-order valence-corrected chi connectivity index (χ3v) is 7.05. The molecular weight excluding hydrogens is 460 g/mol. The molecule has 3 aliphatic rings. The van der Waals surface area contributed by atoms with E-state index in [1.54, 1.807) is 60.5 Å². The fourth-order valence-corrected chi connectivity index (χ4v) is 5.11. The van der Waals surface area contributed by atoms with Gasteiger partial charge >= 0.3 is 0 Å². The standard InChI is InChI=1S/C27H28N4O5/c1-36-20-13-11-18(12-14-20)28-25(33)23-10-5-15-30(23)26(34)17-6-4-7-19(16-17)31-27(35)22-9-3-2-8-21(22)24(32)29-31/h2-4,6-7,11-14,16,21-23H,5,8-10,15H2,1H3,(H,28,33)(H,29,32). The average Bonchev–Trinajstić information content (AvgIpc) is 3.41. The summed E-state index contributed by atoms with van der Waals surface area (Å²) in [5.74, 6) is -1.02. The van der Waals surface area contributed by atoms with Crippen LogP contribution in [-0.2, 0) is 14.4 Å². The Hall–Kier alpha value is -4.14. The number of ether oxygens (including phenoxy) is 1. The molecule has 2 aliphatic heterocycles. The Morgan fingerprint density at radius 3 is 2.53 bits per heavy atom. The largest absolute Gasteiger partial charge is 0.497 e. The van der Waals surface area contributed by atoms with Crippen molar-refractivity contribution < 1.29 is 23.9 Å². The lowest BCUT2D eigenvalue weighted by atomic mass is 9.80. The lowest BCUT2D eigenvalue weighted by molar-refractivity contribution is -0.140. The molecule has 2 aromatic carbocycles. The first kappa shape index (κ1) is 23.6. The molecule has 0 radical (unpaired) electrons. The summed E-state index contributed by atoms with van der Waals surface area (Å²) in [6.07, 6.45) is 6.20. The highest BCUT2D eigenvalue weighted by Gasteiger charge is 2.42. The predicted octanol–water partition coefficient (Wildman–Crippen LogP) is 2.90. The van der Waals surface area contributed by atoms with Crippen LogP contribution in [0.1, 0.15) is 36.0 Å². The first-order valence-corrected chi connectivity index (χ1v) is 12.1. The van der Waals surface area contributed by atoms with Gasteiger partial charge in [-0.1, -0.05) is 18.2 Å². The number of carbonyl (C=O) groups is 4. The SMILES string of the molecule is COc1ccc(NC(=O)C2CCCN2C(=O)c2cccc(N3NC(=O)C4CC=CCC4C3=O)c2)cc1. The van der Waals surface area contributed by atoms with Crippen LogP contribution >= 0.6 is 0 Å². The third kappa shape index (κ3) is 4.44. The molecule has 186 valence electrons. The molecule has 0 bridgehead atoms. The molecule has 5 rings (SSSR count). The minimum absolute atomic E-state index is 0.188. The summed E-state index contributed by atoms with van der Waals surface area (Å²) in [5.41, 5.74) is 4.09. The number of hydrazine groups is 1. The Bertz CT molecular complexity index is 1220. The Balaban J connectivity index is 1.31. The molecular formula is C27H28N4O5. The van der Waals surface area contributed by atoms with Crippen molar-refractivity contribution >= 4 is 35.0 Å². The highest BCUT2D eigenvalue weighted by atomic mass is 16.5. The van der Waals surface area contributed by atoms with Crippen molar-refractivity contribution in [3.05, 3.63) is 66.2 Å². The number of hydrogen-bond donors (Lipinski definition) is 2. The van der Waals surface area contributed by atoms with Gasteiger partial charge in [0.05, 0.1) is 24.6 Å². The molecule has 2 fully saturated rings. The second-order valence-corrected chi connectivity index (χ2v) is 9.23. The van der Waals surface area contributed by atoms with E-state index in [1.807, 2.05) is 12.2 Å². The van der Waals surface area contributed by atoms with E-state index in [9.17, 15) is 19.2 Å². The predicted molar refractivity (Wildman–Crippen MR) is 133 cm³/mol. The number of nitrogens with zero attached hydrogens (tertiary/aromatic N) is 2. The van der Waals surface area contributed by atoms with E-state index in [2.05, 4.69) is 10.7 Å². The lowest BCUT2D eigenvalue weighted by Crippen LogP contribution is -2.59. The van der Waals surface area contributed by atoms with E-state index in [0.717, 1.165) is 0 Å². The van der Waals surface area contributed by atoms with Crippen LogP contribution in [0.25, 0.3) is 0 Å². The maximum atomic E-state index is 13.4. The van der Waals surface area contributed by atoms with Gasteiger partial charge in [-0.25, -0.2) is 5.01 Å². The second-order valence-electron chi connectivity index (χ2n) is 9.23. The first-order valence-electron chi connectivity index (χ1n) is 12.1. The summed E-state index contributed by atoms with van der Waals surface area (Å²) in [6.45, 7) is 0.458. The number of hydrogen-bond acceptors (Lipinski definition) is 5. The number of benzene rings is 2. The normalized spacial score (nSPS) is 23.2. The average molecular weight is 489 g/mol. The zero-order valence-corrected chi connectivity index (χ0v) is 20.0. The molecule has 36 heavy (non-hydrogen) atoms. The van der Waals surface area contributed by atoms with Crippen LogP contribution in [0.15, 0.2) is 60.7 Å². The number of nitrogens with one attached hydrogen (secondary N) is 2. The minimum atomic E-state index is -0.602. The molecule has 9 heteroatoms. The quantitative estimate of drug-likeness (QED) is 0.630. The Morgan fingerprint density at radius 2 is 1.78 bits per heavy atom. The van der Waals surface area contributed by atoms with Crippen molar-refractivity contribution in [3.63, 3.8) is 0 Å². The molecule has 2 saturated heterocycles. The molecule has 3 unspecified atom stereocenters. The zero-order chi connectivity index (χ0) is 25.2. The topological polar surface area (TPSA) is 108 Å². The number of methoxy groups -OCH3 is 1. The molecule has 9 nitrogen and oxygen atoms in total. The number of allylic oxidation sites excluding steroid dienone is 2. The van der Waals surface area contributed by atoms with Gasteiger partial charge in [0.15, 0.2) is 0 Å². The van der Waals surface area contributed by atoms with E-state index in [4.69, 9.17) is 4.74 Å². The van der Waals surface area contributed by atoms with Crippen molar-refractivity contribution in [3.8, 4) is 5.75 Å². The molecule has 2 N–H and O–H groups in total. The van der Waals surface area contributed by atoms with Crippen molar-refractivity contribution in [2.45, 2.75) is 31.7 Å². The number of carbonyl (C=O) groups excluding carboxylic acids is 4. The Morgan fingerprint density at radius 1 is 1.03 bits per heavy atom. The fourth-order valence-electron chi connectivity index (χ4n) is 5.11. The van der Waals surface area contributed by atoms with Gasteiger partial charge in [0.2, 0.25) is 17.7 Å². The van der Waals surface area contributed by atoms with Gasteiger partial charge in [-0.15, -0.1) is 0 Å². The van der Waals surface area contributed by atoms with Crippen LogP contribution in [0.3, 0.4) is 0 Å². The Kier molecular flexibility index (Phi) is 6.45. The van der Waals surface area contributed by atoms with Gasteiger partial charge in [0.1, 0.15) is 11.8 Å². The number of rotatable bonds is 5. The number of fused-ring (bicyclic) bond motifs is 1. The van der Waals surface area contributed by atoms with Crippen LogP contribution in [0.4, 0.5) is 11.4 Å². The van der Waals surface area contributed by atoms with Crippen LogP contribution in [0.2, 0.25) is 0 Å². The zero-order valence-electron chi connectivity index (χ0n) is 20.0. The van der Waals surface area contributed by atoms with Crippen molar-refractivity contribution in [2.75, 3.05) is 24.0 Å². The highest BCUT2D eigenvalue weighted by Crippen LogP contribution is 2.33. The van der Waals surface area contributed by atoms with E-state index >= 15 is 0 Å². The minimum Gasteiger partial charge on any atom is -0.497 e. The molecule has 1 aliphatic carbocycles. The molecule has 2 aromatic rings. The summed E-state index contributed by atoms with van der Waals surface area (Å²) >= 11 is 0. The summed E-state index contributed by atoms with van der Waals surface area (Å²) < 4.78 is 5.15. The Labute approximate surface area is 209 Å². The highest BCUT2D eigenvalue weighted by molar-refractivity contribution is 6.06. The van der Waals surface area contributed by atoms with E-state index < -0.39 is 12.0 Å². The van der Waals surface area contributed by atoms with Gasteiger partial charge in [0.25, 0.3) is 5.91 Å². The van der Waals surface area contributed by atoms with Gasteiger partial charge in [0, 0.05) is 17.8 Å². The van der Waals surface area contributed by atoms with Crippen LogP contribution in [0, 0.1) is 11.8 Å². The first-order chi connectivity index (χ1) is 17.5. The summed E-state index contributed by atoms with van der Waals surface area (Å²) in [5, 5.41) is 4.12. The smallest absolute Gasteiger partial charge is 0.254 e. The molecule has 2 heterocycles. The van der Waals surface area contributed by atoms with Gasteiger partial charge in [-0.2, -0.15) is 0 Å². The lowest BCUT2D eigenvalue weighted by Gasteiger charge is -2.38. The molecule has 0 aromatic heterocycles. The maximum absolute atomic E-state index is 13.4. The van der Waals surface area contributed by atoms with Crippen molar-refractivity contribution in [2.24, 2.45) is 11.8 Å². The van der Waals surface area contributed by atoms with E-state index in [1.165, 1.54) is 5.01 Å². The molecule has 0 spiro atoms. The molecule has 3 atom stereocenters.